The van der Waals surface area contributed by atoms with E-state index in [0.717, 1.165) is 39.0 Å². The lowest BCUT2D eigenvalue weighted by molar-refractivity contribution is -0.124. The van der Waals surface area contributed by atoms with E-state index in [2.05, 4.69) is 48.5 Å². The molecule has 3 aliphatic rings. The molecule has 2 bridgehead atoms. The molecule has 2 nitrogen and oxygen atoms in total. The Bertz CT molecular complexity index is 1550. The average molecular weight is 465 g/mol. The summed E-state index contributed by atoms with van der Waals surface area (Å²) in [5.74, 6) is -1.14. The Morgan fingerprint density at radius 1 is 0.528 bits per heavy atom. The van der Waals surface area contributed by atoms with Crippen LogP contribution in [-0.4, -0.2) is 11.6 Å². The summed E-state index contributed by atoms with van der Waals surface area (Å²) in [7, 11) is 0. The van der Waals surface area contributed by atoms with E-state index in [1.54, 1.807) is 0 Å². The van der Waals surface area contributed by atoms with Gasteiger partial charge in [-0.25, -0.2) is 0 Å². The number of ketones is 2. The number of hydrogen-bond acceptors (Lipinski definition) is 2. The van der Waals surface area contributed by atoms with Crippen molar-refractivity contribution in [2.75, 3.05) is 0 Å². The molecule has 3 aliphatic carbocycles. The second kappa shape index (κ2) is 7.86. The van der Waals surface area contributed by atoms with Crippen LogP contribution in [0.15, 0.2) is 127 Å². The summed E-state index contributed by atoms with van der Waals surface area (Å²) in [5.41, 5.74) is 6.44. The van der Waals surface area contributed by atoms with Gasteiger partial charge in [-0.1, -0.05) is 121 Å². The van der Waals surface area contributed by atoms with Gasteiger partial charge in [-0.15, -0.1) is 0 Å². The van der Waals surface area contributed by atoms with Gasteiger partial charge < -0.3 is 0 Å². The van der Waals surface area contributed by atoms with E-state index in [0.29, 0.717) is 0 Å². The van der Waals surface area contributed by atoms with Crippen molar-refractivity contribution < 1.29 is 9.59 Å². The zero-order valence-corrected chi connectivity index (χ0v) is 19.7. The highest BCUT2D eigenvalue weighted by molar-refractivity contribution is 6.26. The third kappa shape index (κ3) is 2.67. The van der Waals surface area contributed by atoms with Gasteiger partial charge in [-0.2, -0.15) is 0 Å². The van der Waals surface area contributed by atoms with Gasteiger partial charge in [-0.3, -0.25) is 9.59 Å². The quantitative estimate of drug-likeness (QED) is 0.339. The van der Waals surface area contributed by atoms with Crippen molar-refractivity contribution in [1.82, 2.24) is 0 Å². The topological polar surface area (TPSA) is 34.1 Å². The maximum absolute atomic E-state index is 14.4. The molecule has 0 saturated heterocycles. The molecule has 4 aromatic rings. The zero-order valence-electron chi connectivity index (χ0n) is 19.7. The van der Waals surface area contributed by atoms with Crippen LogP contribution in [-0.2, 0) is 15.0 Å². The van der Waals surface area contributed by atoms with Gasteiger partial charge in [0.1, 0.15) is 5.78 Å². The predicted octanol–water partition coefficient (Wildman–Crippen LogP) is 6.65. The summed E-state index contributed by atoms with van der Waals surface area (Å²) in [6.07, 6.45) is 1.83. The van der Waals surface area contributed by atoms with Crippen LogP contribution in [0, 0.1) is 17.8 Å². The lowest BCUT2D eigenvalue weighted by Crippen LogP contribution is -2.42. The van der Waals surface area contributed by atoms with Gasteiger partial charge in [0.05, 0.1) is 17.8 Å². The van der Waals surface area contributed by atoms with Crippen LogP contribution in [0.1, 0.15) is 22.3 Å². The Morgan fingerprint density at radius 2 is 1.00 bits per heavy atom. The highest BCUT2D eigenvalue weighted by Gasteiger charge is 2.72. The number of hydrogen-bond donors (Lipinski definition) is 0. The Morgan fingerprint density at radius 3 is 1.56 bits per heavy atom. The zero-order chi connectivity index (χ0) is 24.3. The molecule has 4 atom stereocenters. The third-order valence-corrected chi connectivity index (χ3v) is 8.30. The first-order valence-corrected chi connectivity index (χ1v) is 12.5. The Hall–Kier alpha value is -4.30. The first-order chi connectivity index (χ1) is 17.7. The lowest BCUT2D eigenvalue weighted by atomic mass is 9.57. The normalized spacial score (nSPS) is 26.3. The Balaban J connectivity index is 1.59. The van der Waals surface area contributed by atoms with Gasteiger partial charge in [0.15, 0.2) is 5.78 Å². The standard InChI is InChI=1S/C34H24O2/c35-27-21-26(22-13-5-1-6-14-22)34(25-19-11-4-12-20-25)31(27)30-28(23-15-7-2-8-16-23)29(32(34)33(30)36)24-17-9-3-10-18-24/h1-21,30-32H/t30-,31-,32+,34+/m0/s1. The summed E-state index contributed by atoms with van der Waals surface area (Å²) in [6, 6.07) is 40.8. The fourth-order valence-corrected chi connectivity index (χ4v) is 7.12. The van der Waals surface area contributed by atoms with E-state index in [1.165, 1.54) is 0 Å². The first-order valence-electron chi connectivity index (χ1n) is 12.5. The monoisotopic (exact) mass is 464 g/mol. The van der Waals surface area contributed by atoms with Gasteiger partial charge in [0.2, 0.25) is 0 Å². The van der Waals surface area contributed by atoms with E-state index in [1.807, 2.05) is 78.9 Å². The van der Waals surface area contributed by atoms with Crippen molar-refractivity contribution in [2.45, 2.75) is 5.41 Å². The first kappa shape index (κ1) is 21.0. The number of carbonyl (C=O) groups is 2. The van der Waals surface area contributed by atoms with Crippen molar-refractivity contribution >= 4 is 28.3 Å². The lowest BCUT2D eigenvalue weighted by Gasteiger charge is -2.43. The fraction of sp³-hybridized carbons (Fsp3) is 0.118. The number of rotatable bonds is 4. The van der Waals surface area contributed by atoms with Crippen molar-refractivity contribution in [3.8, 4) is 0 Å². The van der Waals surface area contributed by atoms with Gasteiger partial charge in [-0.05, 0) is 45.0 Å². The second-order valence-corrected chi connectivity index (χ2v) is 9.91. The molecule has 1 fully saturated rings. The summed E-state index contributed by atoms with van der Waals surface area (Å²) in [4.78, 5) is 28.4. The van der Waals surface area contributed by atoms with Crippen LogP contribution in [0.3, 0.4) is 0 Å². The molecule has 0 aliphatic heterocycles. The van der Waals surface area contributed by atoms with Crippen LogP contribution in [0.2, 0.25) is 0 Å². The molecule has 0 unspecified atom stereocenters. The highest BCUT2D eigenvalue weighted by Crippen LogP contribution is 2.71. The van der Waals surface area contributed by atoms with Gasteiger partial charge >= 0.3 is 0 Å². The minimum Gasteiger partial charge on any atom is -0.298 e. The molecule has 2 heteroatoms. The van der Waals surface area contributed by atoms with Crippen LogP contribution >= 0.6 is 0 Å². The summed E-state index contributed by atoms with van der Waals surface area (Å²) in [6.45, 7) is 0. The van der Waals surface area contributed by atoms with E-state index < -0.39 is 23.2 Å². The van der Waals surface area contributed by atoms with E-state index >= 15 is 0 Å². The molecule has 0 N–H and O–H groups in total. The molecular formula is C34H24O2. The molecule has 0 amide bonds. The van der Waals surface area contributed by atoms with E-state index in [4.69, 9.17) is 0 Å². The molecule has 4 aromatic carbocycles. The van der Waals surface area contributed by atoms with Gasteiger partial charge in [0.25, 0.3) is 0 Å². The minimum atomic E-state index is -0.731. The molecule has 172 valence electrons. The predicted molar refractivity (Wildman–Crippen MR) is 143 cm³/mol. The summed E-state index contributed by atoms with van der Waals surface area (Å²) in [5, 5.41) is 0. The van der Waals surface area contributed by atoms with E-state index in [-0.39, 0.29) is 11.6 Å². The molecular weight excluding hydrogens is 440 g/mol. The summed E-state index contributed by atoms with van der Waals surface area (Å²) >= 11 is 0. The van der Waals surface area contributed by atoms with Crippen molar-refractivity contribution in [1.29, 1.82) is 0 Å². The number of allylic oxidation sites excluding steroid dienone is 4. The molecule has 1 saturated carbocycles. The van der Waals surface area contributed by atoms with Crippen molar-refractivity contribution in [3.05, 3.63) is 150 Å². The summed E-state index contributed by atoms with van der Waals surface area (Å²) < 4.78 is 0. The maximum Gasteiger partial charge on any atom is 0.161 e. The number of benzene rings is 4. The number of fused-ring (bicyclic) bond motifs is 5. The molecule has 0 aromatic heterocycles. The van der Waals surface area contributed by atoms with E-state index in [9.17, 15) is 9.59 Å². The highest BCUT2D eigenvalue weighted by atomic mass is 16.1. The molecule has 0 spiro atoms. The molecule has 36 heavy (non-hydrogen) atoms. The van der Waals surface area contributed by atoms with Crippen molar-refractivity contribution in [3.63, 3.8) is 0 Å². The fourth-order valence-electron chi connectivity index (χ4n) is 7.12. The Kier molecular flexibility index (Phi) is 4.59. The average Bonchev–Trinajstić information content (AvgIpc) is 3.52. The third-order valence-electron chi connectivity index (χ3n) is 8.30. The maximum atomic E-state index is 14.4. The van der Waals surface area contributed by atoms with Crippen LogP contribution in [0.25, 0.3) is 16.7 Å². The second-order valence-electron chi connectivity index (χ2n) is 9.91. The van der Waals surface area contributed by atoms with Crippen LogP contribution in [0.5, 0.6) is 0 Å². The van der Waals surface area contributed by atoms with Crippen molar-refractivity contribution in [2.24, 2.45) is 17.8 Å². The molecule has 7 rings (SSSR count). The molecule has 0 heterocycles. The largest absolute Gasteiger partial charge is 0.298 e. The number of Topliss-reactive ketones (excluding diaryl/α,β-unsaturated/α-hetero) is 1. The number of carbonyl (C=O) groups excluding carboxylic acids is 2. The SMILES string of the molecule is O=C1[C@H]2C(c3ccccc3)=C(c3ccccc3)[C@H]1[C@]1(c3ccccc3)C(c3ccccc3)=CC(=O)[C@@H]21. The minimum absolute atomic E-state index is 0.0547. The molecule has 0 radical (unpaired) electrons. The Labute approximate surface area is 210 Å². The van der Waals surface area contributed by atoms with Gasteiger partial charge in [0, 0.05) is 5.41 Å². The smallest absolute Gasteiger partial charge is 0.161 e. The van der Waals surface area contributed by atoms with Crippen LogP contribution < -0.4 is 0 Å². The van der Waals surface area contributed by atoms with Crippen LogP contribution in [0.4, 0.5) is 0 Å².